The molecule has 4 aromatic rings. The first-order valence-electron chi connectivity index (χ1n) is 11.9. The van der Waals surface area contributed by atoms with Crippen LogP contribution in [0.25, 0.3) is 0 Å². The molecule has 6 heteroatoms. The molecule has 1 amide bonds. The molecule has 1 aliphatic heterocycles. The van der Waals surface area contributed by atoms with Gasteiger partial charge in [0, 0.05) is 19.5 Å². The molecule has 0 aromatic heterocycles. The third-order valence-corrected chi connectivity index (χ3v) is 11.6. The maximum atomic E-state index is 14.1. The number of alkyl halides is 3. The number of hydrogen-bond acceptors (Lipinski definition) is 1. The second kappa shape index (κ2) is 9.91. The van der Waals surface area contributed by atoms with Crippen molar-refractivity contribution in [3.63, 3.8) is 0 Å². The Morgan fingerprint density at radius 1 is 0.694 bits per heavy atom. The van der Waals surface area contributed by atoms with Crippen molar-refractivity contribution in [2.75, 3.05) is 6.54 Å². The molecule has 0 radical (unpaired) electrons. The number of nitrogens with zero attached hydrogens (tertiary/aromatic N) is 1. The van der Waals surface area contributed by atoms with Gasteiger partial charge in [0.2, 0.25) is 0 Å². The summed E-state index contributed by atoms with van der Waals surface area (Å²) >= 11 is 0. The van der Waals surface area contributed by atoms with Crippen molar-refractivity contribution in [2.24, 2.45) is 0 Å². The highest BCUT2D eigenvalue weighted by Crippen LogP contribution is 2.62. The lowest BCUT2D eigenvalue weighted by atomic mass is 10.1. The van der Waals surface area contributed by atoms with Gasteiger partial charge in [-0.3, -0.25) is 4.79 Å². The highest BCUT2D eigenvalue weighted by atomic mass is 31.2. The lowest BCUT2D eigenvalue weighted by Gasteiger charge is -2.32. The van der Waals surface area contributed by atoms with Crippen LogP contribution in [0.2, 0.25) is 0 Å². The molecule has 5 rings (SSSR count). The summed E-state index contributed by atoms with van der Waals surface area (Å²) in [6, 6.07) is 36.0. The summed E-state index contributed by atoms with van der Waals surface area (Å²) in [6.07, 6.45) is -3.69. The minimum atomic E-state index is -4.38. The van der Waals surface area contributed by atoms with Crippen LogP contribution in [-0.4, -0.2) is 23.0 Å². The summed E-state index contributed by atoms with van der Waals surface area (Å²) in [6.45, 7) is 0.866. The molecule has 0 saturated carbocycles. The van der Waals surface area contributed by atoms with Crippen LogP contribution in [0.5, 0.6) is 0 Å². The lowest BCUT2D eigenvalue weighted by molar-refractivity contribution is -0.137. The highest BCUT2D eigenvalue weighted by molar-refractivity contribution is 7.96. The molecule has 1 atom stereocenters. The summed E-state index contributed by atoms with van der Waals surface area (Å²) in [5.41, 5.74) is -0.238. The van der Waals surface area contributed by atoms with Crippen LogP contribution in [0.3, 0.4) is 0 Å². The van der Waals surface area contributed by atoms with Gasteiger partial charge in [-0.2, -0.15) is 13.2 Å². The van der Waals surface area contributed by atoms with Gasteiger partial charge in [-0.05, 0) is 54.1 Å². The molecule has 1 heterocycles. The van der Waals surface area contributed by atoms with E-state index in [0.717, 1.165) is 28.0 Å². The Balaban J connectivity index is 1.56. The van der Waals surface area contributed by atoms with Crippen molar-refractivity contribution in [3.8, 4) is 0 Å². The van der Waals surface area contributed by atoms with Gasteiger partial charge < -0.3 is 4.90 Å². The second-order valence-electron chi connectivity index (χ2n) is 8.99. The highest BCUT2D eigenvalue weighted by Gasteiger charge is 2.58. The summed E-state index contributed by atoms with van der Waals surface area (Å²) in [7, 11) is -2.37. The number of carbonyl (C=O) groups excluding carboxylic acids is 1. The molecule has 1 fully saturated rings. The smallest absolute Gasteiger partial charge is 0.335 e. The summed E-state index contributed by atoms with van der Waals surface area (Å²) in [5.74, 6) is 0.0554. The Labute approximate surface area is 209 Å². The van der Waals surface area contributed by atoms with Gasteiger partial charge in [0.1, 0.15) is 23.2 Å². The number of carbonyl (C=O) groups is 1. The molecule has 0 spiro atoms. The number of benzene rings is 4. The van der Waals surface area contributed by atoms with E-state index >= 15 is 0 Å². The Hall–Kier alpha value is -3.43. The number of amides is 1. The van der Waals surface area contributed by atoms with Gasteiger partial charge in [0.05, 0.1) is 5.56 Å². The first-order chi connectivity index (χ1) is 17.4. The SMILES string of the molecule is O=C1C([P+](c2ccccc2)(c2ccccc2)c2ccccc2)CCN1Cc1ccc(C(F)(F)F)cc1. The molecule has 36 heavy (non-hydrogen) atoms. The van der Waals surface area contributed by atoms with Crippen LogP contribution in [0, 0.1) is 0 Å². The van der Waals surface area contributed by atoms with Crippen molar-refractivity contribution in [2.45, 2.75) is 24.8 Å². The van der Waals surface area contributed by atoms with E-state index in [9.17, 15) is 18.0 Å². The molecule has 1 unspecified atom stereocenters. The van der Waals surface area contributed by atoms with E-state index in [-0.39, 0.29) is 11.6 Å². The molecule has 1 saturated heterocycles. The molecule has 2 nitrogen and oxygen atoms in total. The van der Waals surface area contributed by atoms with E-state index in [2.05, 4.69) is 36.4 Å². The van der Waals surface area contributed by atoms with E-state index in [1.807, 2.05) is 54.6 Å². The second-order valence-corrected chi connectivity index (χ2v) is 12.6. The fourth-order valence-corrected chi connectivity index (χ4v) is 10.1. The molecule has 0 aliphatic carbocycles. The number of rotatable bonds is 6. The van der Waals surface area contributed by atoms with Gasteiger partial charge >= 0.3 is 6.18 Å². The number of halogens is 3. The zero-order chi connectivity index (χ0) is 25.2. The Bertz CT molecular complexity index is 1210. The van der Waals surface area contributed by atoms with E-state index in [1.165, 1.54) is 12.1 Å². The third kappa shape index (κ3) is 4.44. The average Bonchev–Trinajstić information content (AvgIpc) is 3.26. The largest absolute Gasteiger partial charge is 0.416 e. The van der Waals surface area contributed by atoms with Crippen LogP contribution in [0.1, 0.15) is 17.5 Å². The normalized spacial score (nSPS) is 16.4. The predicted octanol–water partition coefficient (Wildman–Crippen LogP) is 5.80. The maximum Gasteiger partial charge on any atom is 0.416 e. The standard InChI is InChI=1S/C30H26F3NOP/c31-30(32,33)24-18-16-23(17-19-24)22-34-21-20-28(29(34)35)36(25-10-4-1-5-11-25,26-12-6-2-7-13-26)27-14-8-3-9-15-27/h1-19,28H,20-22H2/q+1. The monoisotopic (exact) mass is 504 g/mol. The minimum absolute atomic E-state index is 0.0554. The van der Waals surface area contributed by atoms with Crippen LogP contribution in [0.15, 0.2) is 115 Å². The first-order valence-corrected chi connectivity index (χ1v) is 13.8. The third-order valence-electron chi connectivity index (χ3n) is 6.88. The van der Waals surface area contributed by atoms with Crippen LogP contribution in [0.4, 0.5) is 13.2 Å². The number of likely N-dealkylation sites (tertiary alicyclic amines) is 1. The summed E-state index contributed by atoms with van der Waals surface area (Å²) < 4.78 is 39.0. The summed E-state index contributed by atoms with van der Waals surface area (Å²) in [4.78, 5) is 15.9. The van der Waals surface area contributed by atoms with Gasteiger partial charge in [0.15, 0.2) is 5.66 Å². The van der Waals surface area contributed by atoms with Crippen molar-refractivity contribution < 1.29 is 18.0 Å². The minimum Gasteiger partial charge on any atom is -0.335 e. The molecule has 1 aliphatic rings. The molecular formula is C30H26F3NOP+. The van der Waals surface area contributed by atoms with Crippen molar-refractivity contribution in [3.05, 3.63) is 126 Å². The topological polar surface area (TPSA) is 20.3 Å². The van der Waals surface area contributed by atoms with E-state index in [1.54, 1.807) is 4.90 Å². The first kappa shape index (κ1) is 24.3. The number of hydrogen-bond donors (Lipinski definition) is 0. The quantitative estimate of drug-likeness (QED) is 0.304. The molecule has 0 N–H and O–H groups in total. The maximum absolute atomic E-state index is 14.1. The van der Waals surface area contributed by atoms with Crippen molar-refractivity contribution >= 4 is 29.1 Å². The van der Waals surface area contributed by atoms with Crippen LogP contribution < -0.4 is 15.9 Å². The van der Waals surface area contributed by atoms with Gasteiger partial charge in [-0.15, -0.1) is 0 Å². The molecule has 182 valence electrons. The van der Waals surface area contributed by atoms with Crippen molar-refractivity contribution in [1.29, 1.82) is 0 Å². The van der Waals surface area contributed by atoms with E-state index in [0.29, 0.717) is 25.1 Å². The van der Waals surface area contributed by atoms with Gasteiger partial charge in [0.25, 0.3) is 5.91 Å². The zero-order valence-corrected chi connectivity index (χ0v) is 20.5. The zero-order valence-electron chi connectivity index (χ0n) is 19.6. The Morgan fingerprint density at radius 2 is 1.14 bits per heavy atom. The van der Waals surface area contributed by atoms with Gasteiger partial charge in [-0.1, -0.05) is 66.7 Å². The summed E-state index contributed by atoms with van der Waals surface area (Å²) in [5, 5.41) is 3.45. The molecule has 4 aromatic carbocycles. The van der Waals surface area contributed by atoms with Crippen LogP contribution >= 0.6 is 7.26 Å². The lowest BCUT2D eigenvalue weighted by Crippen LogP contribution is -2.42. The molecular weight excluding hydrogens is 478 g/mol. The Morgan fingerprint density at radius 3 is 1.56 bits per heavy atom. The van der Waals surface area contributed by atoms with E-state index < -0.39 is 19.0 Å². The van der Waals surface area contributed by atoms with Gasteiger partial charge in [-0.25, -0.2) is 0 Å². The van der Waals surface area contributed by atoms with Crippen LogP contribution in [-0.2, 0) is 17.5 Å². The molecule has 0 bridgehead atoms. The fourth-order valence-electron chi connectivity index (χ4n) is 5.23. The Kier molecular flexibility index (Phi) is 6.68. The van der Waals surface area contributed by atoms with E-state index in [4.69, 9.17) is 0 Å². The fraction of sp³-hybridized carbons (Fsp3) is 0.167. The van der Waals surface area contributed by atoms with Crippen molar-refractivity contribution in [1.82, 2.24) is 4.90 Å². The average molecular weight is 505 g/mol. The predicted molar refractivity (Wildman–Crippen MR) is 140 cm³/mol.